The van der Waals surface area contributed by atoms with Gasteiger partial charge in [0.25, 0.3) is 21.8 Å². The van der Waals surface area contributed by atoms with Crippen LogP contribution < -0.4 is 14.9 Å². The number of hydrogen-bond donors (Lipinski definition) is 3. The van der Waals surface area contributed by atoms with Crippen LogP contribution in [0.2, 0.25) is 0 Å². The number of sulfonamides is 1. The number of carbonyl (C=O) groups is 5. The summed E-state index contributed by atoms with van der Waals surface area (Å²) in [5.74, 6) is -2.27. The third kappa shape index (κ3) is 22.6. The third-order valence-electron chi connectivity index (χ3n) is 22.8. The molecule has 2 aromatic heterocycles. The van der Waals surface area contributed by atoms with Crippen molar-refractivity contribution >= 4 is 45.3 Å². The van der Waals surface area contributed by atoms with E-state index < -0.39 is 82.4 Å². The van der Waals surface area contributed by atoms with Crippen LogP contribution in [0.1, 0.15) is 114 Å². The third-order valence-corrected chi connectivity index (χ3v) is 24.6. The molecule has 14 rings (SSSR count). The van der Waals surface area contributed by atoms with E-state index in [-0.39, 0.29) is 187 Å². The van der Waals surface area contributed by atoms with Gasteiger partial charge in [-0.1, -0.05) is 37.4 Å². The highest BCUT2D eigenvalue weighted by atomic mass is 32.2. The molecule has 19 atom stereocenters. The number of aliphatic hydroxyl groups excluding tert-OH is 1. The molecule has 0 radical (unpaired) electrons. The van der Waals surface area contributed by atoms with Crippen molar-refractivity contribution in [2.24, 2.45) is 11.8 Å². The van der Waals surface area contributed by atoms with Crippen molar-refractivity contribution in [2.45, 2.75) is 225 Å². The van der Waals surface area contributed by atoms with Gasteiger partial charge in [0.05, 0.1) is 190 Å². The molecule has 10 saturated heterocycles. The summed E-state index contributed by atoms with van der Waals surface area (Å²) in [6, 6.07) is 11.0. The van der Waals surface area contributed by atoms with Gasteiger partial charge < -0.3 is 96.3 Å². The van der Waals surface area contributed by atoms with Crippen molar-refractivity contribution in [1.82, 2.24) is 35.5 Å². The van der Waals surface area contributed by atoms with Crippen LogP contribution in [0.5, 0.6) is 0 Å². The predicted molar refractivity (Wildman–Crippen MR) is 403 cm³/mol. The monoisotopic (exact) mass is 1630 g/mol. The number of anilines is 1. The number of rotatable bonds is 39. The molecule has 4 amide bonds. The minimum atomic E-state index is -4.28. The minimum Gasteiger partial charge on any atom is -0.445 e. The Morgan fingerprint density at radius 2 is 1.38 bits per heavy atom. The number of methoxy groups -OCH3 is 1. The molecular formula is C80H109N9O25S. The second-order valence-corrected chi connectivity index (χ2v) is 32.7. The minimum absolute atomic E-state index is 0.00832. The average molecular weight is 1630 g/mol. The maximum atomic E-state index is 14.6. The van der Waals surface area contributed by atoms with E-state index in [9.17, 15) is 42.8 Å². The predicted octanol–water partition coefficient (Wildman–Crippen LogP) is 4.21. The molecule has 3 aromatic rings. The van der Waals surface area contributed by atoms with Crippen molar-refractivity contribution in [3.05, 3.63) is 102 Å². The first-order chi connectivity index (χ1) is 55.8. The number of ether oxygens (including phenoxy) is 17. The van der Waals surface area contributed by atoms with Gasteiger partial charge in [-0.2, -0.15) is 13.7 Å². The summed E-state index contributed by atoms with van der Waals surface area (Å²) in [5, 5.41) is 34.3. The SMILES string of the molecule is C=C1CC2CC[C@@]34C[C@H]5O[C@H]6[C@@H](O3)[C@H]3OC(CC[C@@H]3O[C@H]6[C@H]5O4)CC(=O)C[C@H]3[C@H](CC4OC(CCC1O2)C[C@@H](C)C4=C)OC(C[C@H](O)CNC(=O)OCc1ccc(N(CCOCCOCCOCCn2cc(COCCOCCOCCOCCNC(=O)CCN4C(=O)C=CC4=O)nn2)S(=O)(=O)c2ccc(C#N)cn2)cc1)[C@@H]3OC. The Bertz CT molecular complexity index is 3950. The molecule has 630 valence electrons. The Hall–Kier alpha value is -7.16. The van der Waals surface area contributed by atoms with Crippen LogP contribution in [-0.2, 0) is 129 Å². The Morgan fingerprint density at radius 3 is 2.11 bits per heavy atom. The van der Waals surface area contributed by atoms with E-state index in [0.29, 0.717) is 103 Å². The molecule has 3 N–H and O–H groups in total. The fourth-order valence-electron chi connectivity index (χ4n) is 16.9. The number of carbonyl (C=O) groups excluding carboxylic acids is 5. The summed E-state index contributed by atoms with van der Waals surface area (Å²) in [5.41, 5.74) is 3.67. The molecule has 12 bridgehead atoms. The fraction of sp³-hybridized carbons (Fsp3) is 0.688. The lowest BCUT2D eigenvalue weighted by Gasteiger charge is -2.47. The zero-order chi connectivity index (χ0) is 80.4. The maximum Gasteiger partial charge on any atom is 0.407 e. The number of pyridine rings is 1. The Morgan fingerprint density at radius 1 is 0.704 bits per heavy atom. The number of ketones is 1. The van der Waals surface area contributed by atoms with Crippen LogP contribution in [0.15, 0.2) is 90.3 Å². The van der Waals surface area contributed by atoms with Crippen molar-refractivity contribution in [3.8, 4) is 6.07 Å². The number of alkyl carbamates (subject to hydrolysis) is 1. The summed E-state index contributed by atoms with van der Waals surface area (Å²) in [7, 11) is -2.70. The first-order valence-electron chi connectivity index (χ1n) is 40.3. The molecule has 10 fully saturated rings. The zero-order valence-corrected chi connectivity index (χ0v) is 66.2. The summed E-state index contributed by atoms with van der Waals surface area (Å²) < 4.78 is 137. The van der Waals surface area contributed by atoms with Gasteiger partial charge in [0, 0.05) is 96.0 Å². The molecule has 1 spiro atoms. The number of amides is 4. The zero-order valence-electron chi connectivity index (χ0n) is 65.4. The quantitative estimate of drug-likeness (QED) is 0.0409. The number of nitriles is 1. The number of nitrogens with zero attached hydrogens (tertiary/aromatic N) is 7. The number of fused-ring (bicyclic) bond motifs is 6. The summed E-state index contributed by atoms with van der Waals surface area (Å²) in [6.07, 6.45) is 5.63. The van der Waals surface area contributed by atoms with Crippen molar-refractivity contribution < 1.29 is 118 Å². The van der Waals surface area contributed by atoms with Gasteiger partial charge in [-0.15, -0.1) is 5.10 Å². The lowest BCUT2D eigenvalue weighted by atomic mass is 9.81. The average Bonchev–Trinajstić information content (AvgIpc) is 1.55. The topological polar surface area (TPSA) is 395 Å². The van der Waals surface area contributed by atoms with Crippen molar-refractivity contribution in [1.29, 1.82) is 5.26 Å². The molecule has 34 nitrogen and oxygen atoms in total. The van der Waals surface area contributed by atoms with Crippen LogP contribution in [0.25, 0.3) is 0 Å². The smallest absolute Gasteiger partial charge is 0.407 e. The fourth-order valence-corrected chi connectivity index (χ4v) is 18.3. The van der Waals surface area contributed by atoms with E-state index in [1.165, 1.54) is 30.5 Å². The lowest BCUT2D eigenvalue weighted by Crippen LogP contribution is -2.61. The Labute approximate surface area is 669 Å². The largest absolute Gasteiger partial charge is 0.445 e. The van der Waals surface area contributed by atoms with Crippen LogP contribution in [-0.4, -0.2) is 291 Å². The van der Waals surface area contributed by atoms with Crippen molar-refractivity contribution in [2.75, 3.05) is 123 Å². The van der Waals surface area contributed by atoms with Crippen LogP contribution in [0.3, 0.4) is 0 Å². The molecule has 35 heteroatoms. The van der Waals surface area contributed by atoms with E-state index in [4.69, 9.17) is 80.5 Å². The summed E-state index contributed by atoms with van der Waals surface area (Å²) in [4.78, 5) is 68.1. The number of nitrogens with one attached hydrogen (secondary N) is 2. The Kier molecular flexibility index (Phi) is 30.6. The molecule has 115 heavy (non-hydrogen) atoms. The highest BCUT2D eigenvalue weighted by Gasteiger charge is 2.69. The first-order valence-corrected chi connectivity index (χ1v) is 41.7. The maximum absolute atomic E-state index is 14.6. The number of aliphatic hydroxyl groups is 1. The van der Waals surface area contributed by atoms with E-state index in [0.717, 1.165) is 52.5 Å². The highest BCUT2D eigenvalue weighted by molar-refractivity contribution is 7.92. The van der Waals surface area contributed by atoms with E-state index in [1.807, 2.05) is 6.07 Å². The van der Waals surface area contributed by atoms with Gasteiger partial charge in [0.2, 0.25) is 5.91 Å². The highest BCUT2D eigenvalue weighted by Crippen LogP contribution is 2.55. The van der Waals surface area contributed by atoms with Gasteiger partial charge in [0.1, 0.15) is 54.7 Å². The van der Waals surface area contributed by atoms with Gasteiger partial charge in [-0.05, 0) is 91.8 Å². The molecular weight excluding hydrogens is 1520 g/mol. The number of benzene rings is 1. The van der Waals surface area contributed by atoms with Gasteiger partial charge in [0.15, 0.2) is 10.8 Å². The standard InChI is InChI=1S/C80H109N9O25S/c1-50-37-59-10-12-63-51(2)38-61(107-63)17-19-80-43-68-75(113-80)76-77(112-68)78(114-80)74-64(111-76)13-11-60(109-74)39-57(90)40-62-66(42-65(108-59)52(50)3)110-67(73(62)98-4)41-58(91)46-84-79(95)106-48-53-5-8-56(9-6-53)89(115(96,97)70-14-7-54(44-81)45-83-70)23-26-101-29-32-103-31-28-100-25-22-87-47-55(85-86-87)49-105-36-35-104-34-33-102-30-27-99-24-20-82-69(92)18-21-88-71(93)15-16-72(88)94/h5-9,14-16,45,47,50,58-68,73-78,91H,2-3,10-13,17-43,46,48-49H2,1,4H3,(H,82,92)(H,84,95)/t50-,58+,59?,60?,61?,62+,63?,64+,65?,66+,67?,68-,73-,74+,75+,76+,77-,78+,80+/m1/s1. The lowest BCUT2D eigenvalue weighted by molar-refractivity contribution is -0.292. The van der Waals surface area contributed by atoms with Gasteiger partial charge in [-0.3, -0.25) is 28.4 Å². The first kappa shape index (κ1) is 85.7. The van der Waals surface area contributed by atoms with Gasteiger partial charge >= 0.3 is 6.09 Å². The summed E-state index contributed by atoms with van der Waals surface area (Å²) >= 11 is 0. The van der Waals surface area contributed by atoms with Crippen LogP contribution in [0.4, 0.5) is 10.5 Å². The van der Waals surface area contributed by atoms with Crippen LogP contribution in [0, 0.1) is 23.2 Å². The Balaban J connectivity index is 0.513. The van der Waals surface area contributed by atoms with Crippen LogP contribution >= 0.6 is 0 Å². The number of aromatic nitrogens is 4. The molecule has 1 aromatic carbocycles. The van der Waals surface area contributed by atoms with E-state index in [1.54, 1.807) is 42.3 Å². The van der Waals surface area contributed by atoms with E-state index >= 15 is 0 Å². The summed E-state index contributed by atoms with van der Waals surface area (Å²) in [6.45, 7) is 15.3. The van der Waals surface area contributed by atoms with Gasteiger partial charge in [-0.25, -0.2) is 14.5 Å². The van der Waals surface area contributed by atoms with Crippen molar-refractivity contribution in [3.63, 3.8) is 0 Å². The molecule has 6 unspecified atom stereocenters. The molecule has 11 aliphatic rings. The second kappa shape index (κ2) is 41.0. The number of hydrogen-bond acceptors (Lipinski definition) is 29. The molecule has 13 heterocycles. The molecule has 0 saturated carbocycles. The molecule has 0 aliphatic carbocycles. The second-order valence-electron chi connectivity index (χ2n) is 30.8. The number of Topliss-reactive ketones (excluding diaryl/α,β-unsaturated/α-hetero) is 1. The molecule has 11 aliphatic heterocycles. The normalized spacial score (nSPS) is 30.6. The van der Waals surface area contributed by atoms with E-state index in [2.05, 4.69) is 46.0 Å². The number of imide groups is 1.